The van der Waals surface area contributed by atoms with Crippen molar-refractivity contribution >= 4 is 5.95 Å². The van der Waals surface area contributed by atoms with Gasteiger partial charge in [0.1, 0.15) is 6.33 Å². The molecular weight excluding hydrogens is 196 g/mol. The first kappa shape index (κ1) is 11.6. The van der Waals surface area contributed by atoms with Crippen molar-refractivity contribution in [2.75, 3.05) is 12.3 Å². The van der Waals surface area contributed by atoms with Crippen LogP contribution in [0.1, 0.15) is 20.3 Å². The molecular formula is C9H16N4O2. The van der Waals surface area contributed by atoms with Gasteiger partial charge in [-0.2, -0.15) is 4.98 Å². The summed E-state index contributed by atoms with van der Waals surface area (Å²) in [6.07, 6.45) is 2.25. The minimum Gasteiger partial charge on any atom is -0.377 e. The van der Waals surface area contributed by atoms with Crippen LogP contribution < -0.4 is 11.4 Å². The summed E-state index contributed by atoms with van der Waals surface area (Å²) in [5, 5.41) is 0. The van der Waals surface area contributed by atoms with E-state index in [4.69, 9.17) is 10.5 Å². The topological polar surface area (TPSA) is 83.0 Å². The molecule has 15 heavy (non-hydrogen) atoms. The van der Waals surface area contributed by atoms with Gasteiger partial charge in [0.2, 0.25) is 5.95 Å². The molecule has 0 fully saturated rings. The van der Waals surface area contributed by atoms with E-state index in [0.717, 1.165) is 6.42 Å². The molecule has 0 unspecified atom stereocenters. The van der Waals surface area contributed by atoms with Crippen molar-refractivity contribution in [3.05, 3.63) is 16.8 Å². The van der Waals surface area contributed by atoms with Crippen LogP contribution in [-0.4, -0.2) is 27.2 Å². The highest BCUT2D eigenvalue weighted by molar-refractivity contribution is 5.09. The molecule has 0 aromatic carbocycles. The maximum atomic E-state index is 11.4. The van der Waals surface area contributed by atoms with Crippen molar-refractivity contribution in [2.45, 2.75) is 32.9 Å². The third-order valence-corrected chi connectivity index (χ3v) is 2.04. The van der Waals surface area contributed by atoms with E-state index < -0.39 is 0 Å². The van der Waals surface area contributed by atoms with Crippen molar-refractivity contribution in [3.63, 3.8) is 0 Å². The Morgan fingerprint density at radius 1 is 1.60 bits per heavy atom. The Kier molecular flexibility index (Phi) is 4.23. The molecule has 1 aromatic rings. The van der Waals surface area contributed by atoms with Gasteiger partial charge in [0.25, 0.3) is 0 Å². The zero-order chi connectivity index (χ0) is 11.3. The van der Waals surface area contributed by atoms with Crippen LogP contribution in [0.5, 0.6) is 0 Å². The van der Waals surface area contributed by atoms with E-state index in [-0.39, 0.29) is 17.7 Å². The number of hydrogen-bond acceptors (Lipinski definition) is 5. The molecule has 6 nitrogen and oxygen atoms in total. The Morgan fingerprint density at radius 2 is 2.33 bits per heavy atom. The fourth-order valence-corrected chi connectivity index (χ4v) is 1.25. The number of ether oxygens (including phenoxy) is 1. The molecule has 1 rings (SSSR count). The summed E-state index contributed by atoms with van der Waals surface area (Å²) in [6.45, 7) is 5.01. The number of rotatable bonds is 5. The Hall–Kier alpha value is -1.43. The average Bonchev–Trinajstić information content (AvgIpc) is 2.21. The highest BCUT2D eigenvalue weighted by atomic mass is 16.5. The lowest BCUT2D eigenvalue weighted by molar-refractivity contribution is 0.0468. The van der Waals surface area contributed by atoms with Gasteiger partial charge in [-0.15, -0.1) is 0 Å². The minimum absolute atomic E-state index is 0.000656. The van der Waals surface area contributed by atoms with E-state index in [1.807, 2.05) is 13.8 Å². The van der Waals surface area contributed by atoms with Gasteiger partial charge in [-0.1, -0.05) is 6.92 Å². The maximum Gasteiger partial charge on any atom is 0.352 e. The van der Waals surface area contributed by atoms with Crippen molar-refractivity contribution in [2.24, 2.45) is 0 Å². The molecule has 84 valence electrons. The number of anilines is 1. The smallest absolute Gasteiger partial charge is 0.352 e. The standard InChI is InChI=1S/C9H16N4O2/c1-3-7(15-4-2)5-13-6-11-8(10)12-9(13)14/h6-7H,3-5H2,1-2H3,(H2,10,12,14)/t7-/m1/s1. The van der Waals surface area contributed by atoms with Gasteiger partial charge in [-0.3, -0.25) is 4.57 Å². The summed E-state index contributed by atoms with van der Waals surface area (Å²) in [4.78, 5) is 18.7. The average molecular weight is 212 g/mol. The van der Waals surface area contributed by atoms with Crippen LogP contribution in [0.15, 0.2) is 11.1 Å². The van der Waals surface area contributed by atoms with Crippen LogP contribution in [0.25, 0.3) is 0 Å². The van der Waals surface area contributed by atoms with Crippen LogP contribution >= 0.6 is 0 Å². The first-order chi connectivity index (χ1) is 7.17. The SMILES string of the molecule is CCO[C@H](CC)Cn1cnc(N)nc1=O. The molecule has 2 N–H and O–H groups in total. The normalized spacial score (nSPS) is 12.7. The quantitative estimate of drug-likeness (QED) is 0.744. The summed E-state index contributed by atoms with van der Waals surface area (Å²) in [5.41, 5.74) is 4.89. The van der Waals surface area contributed by atoms with Gasteiger partial charge in [-0.25, -0.2) is 9.78 Å². The summed E-state index contributed by atoms with van der Waals surface area (Å²) < 4.78 is 6.84. The zero-order valence-corrected chi connectivity index (χ0v) is 9.01. The van der Waals surface area contributed by atoms with Crippen LogP contribution in [0.2, 0.25) is 0 Å². The lowest BCUT2D eigenvalue weighted by atomic mass is 10.3. The second-order valence-corrected chi connectivity index (χ2v) is 3.14. The predicted molar refractivity (Wildman–Crippen MR) is 56.4 cm³/mol. The number of nitrogens with two attached hydrogens (primary N) is 1. The minimum atomic E-state index is -0.388. The van der Waals surface area contributed by atoms with Gasteiger partial charge in [-0.05, 0) is 13.3 Å². The van der Waals surface area contributed by atoms with E-state index in [9.17, 15) is 4.79 Å². The monoisotopic (exact) mass is 212 g/mol. The lowest BCUT2D eigenvalue weighted by Gasteiger charge is -2.15. The largest absolute Gasteiger partial charge is 0.377 e. The van der Waals surface area contributed by atoms with Crippen LogP contribution in [0.4, 0.5) is 5.95 Å². The molecule has 0 saturated carbocycles. The Bertz CT molecular complexity index is 363. The fraction of sp³-hybridized carbons (Fsp3) is 0.667. The van der Waals surface area contributed by atoms with Crippen molar-refractivity contribution in [1.82, 2.24) is 14.5 Å². The van der Waals surface area contributed by atoms with Gasteiger partial charge < -0.3 is 10.5 Å². The second kappa shape index (κ2) is 5.45. The maximum absolute atomic E-state index is 11.4. The van der Waals surface area contributed by atoms with Crippen molar-refractivity contribution < 1.29 is 4.74 Å². The summed E-state index contributed by atoms with van der Waals surface area (Å²) in [7, 11) is 0. The summed E-state index contributed by atoms with van der Waals surface area (Å²) >= 11 is 0. The number of aromatic nitrogens is 3. The number of hydrogen-bond donors (Lipinski definition) is 1. The summed E-state index contributed by atoms with van der Waals surface area (Å²) in [5.74, 6) is 0.000656. The molecule has 0 bridgehead atoms. The molecule has 0 aliphatic rings. The van der Waals surface area contributed by atoms with Crippen LogP contribution in [0.3, 0.4) is 0 Å². The highest BCUT2D eigenvalue weighted by Crippen LogP contribution is 2.00. The van der Waals surface area contributed by atoms with E-state index in [2.05, 4.69) is 9.97 Å². The van der Waals surface area contributed by atoms with Crippen molar-refractivity contribution in [3.8, 4) is 0 Å². The Balaban J connectivity index is 2.75. The number of nitrogens with zero attached hydrogens (tertiary/aromatic N) is 3. The van der Waals surface area contributed by atoms with Gasteiger partial charge >= 0.3 is 5.69 Å². The van der Waals surface area contributed by atoms with Crippen molar-refractivity contribution in [1.29, 1.82) is 0 Å². The van der Waals surface area contributed by atoms with Crippen LogP contribution in [0, 0.1) is 0 Å². The van der Waals surface area contributed by atoms with E-state index in [0.29, 0.717) is 13.2 Å². The summed E-state index contributed by atoms with van der Waals surface area (Å²) in [6, 6.07) is 0. The molecule has 6 heteroatoms. The zero-order valence-electron chi connectivity index (χ0n) is 9.01. The third kappa shape index (κ3) is 3.32. The van der Waals surface area contributed by atoms with E-state index in [1.54, 1.807) is 0 Å². The predicted octanol–water partition coefficient (Wildman–Crippen LogP) is 0.0356. The first-order valence-electron chi connectivity index (χ1n) is 4.97. The second-order valence-electron chi connectivity index (χ2n) is 3.14. The van der Waals surface area contributed by atoms with Gasteiger partial charge in [0.05, 0.1) is 12.6 Å². The molecule has 0 amide bonds. The molecule has 0 radical (unpaired) electrons. The van der Waals surface area contributed by atoms with Gasteiger partial charge in [0, 0.05) is 6.61 Å². The van der Waals surface area contributed by atoms with Crippen LogP contribution in [-0.2, 0) is 11.3 Å². The number of nitrogen functional groups attached to an aromatic ring is 1. The molecule has 1 heterocycles. The Morgan fingerprint density at radius 3 is 2.87 bits per heavy atom. The van der Waals surface area contributed by atoms with Gasteiger partial charge in [0.15, 0.2) is 0 Å². The fourth-order valence-electron chi connectivity index (χ4n) is 1.25. The first-order valence-corrected chi connectivity index (χ1v) is 4.97. The highest BCUT2D eigenvalue weighted by Gasteiger charge is 2.08. The molecule has 0 saturated heterocycles. The molecule has 0 spiro atoms. The lowest BCUT2D eigenvalue weighted by Crippen LogP contribution is -2.30. The molecule has 0 aliphatic heterocycles. The van der Waals surface area contributed by atoms with E-state index >= 15 is 0 Å². The Labute approximate surface area is 88.1 Å². The van der Waals surface area contributed by atoms with E-state index in [1.165, 1.54) is 10.9 Å². The third-order valence-electron chi connectivity index (χ3n) is 2.04. The molecule has 0 aliphatic carbocycles. The molecule has 1 aromatic heterocycles. The molecule has 1 atom stereocenters.